The van der Waals surface area contributed by atoms with Gasteiger partial charge in [-0.05, 0) is 24.0 Å². The zero-order valence-electron chi connectivity index (χ0n) is 8.82. The molecule has 1 aromatic carbocycles. The molecule has 0 amide bonds. The van der Waals surface area contributed by atoms with Crippen LogP contribution in [0.1, 0.15) is 19.8 Å². The lowest BCUT2D eigenvalue weighted by atomic mass is 10.4. The van der Waals surface area contributed by atoms with Crippen molar-refractivity contribution in [2.24, 2.45) is 0 Å². The smallest absolute Gasteiger partial charge is 0.0473 e. The highest BCUT2D eigenvalue weighted by molar-refractivity contribution is 7.65. The van der Waals surface area contributed by atoms with Gasteiger partial charge in [-0.3, -0.25) is 0 Å². The van der Waals surface area contributed by atoms with E-state index >= 15 is 0 Å². The van der Waals surface area contributed by atoms with Crippen LogP contribution in [0, 0.1) is 0 Å². The number of hydrogen-bond donors (Lipinski definition) is 1. The molecule has 0 radical (unpaired) electrons. The van der Waals surface area contributed by atoms with Crippen molar-refractivity contribution in [2.45, 2.75) is 19.8 Å². The van der Waals surface area contributed by atoms with E-state index in [-0.39, 0.29) is 7.92 Å². The van der Waals surface area contributed by atoms with Crippen LogP contribution in [0.15, 0.2) is 30.3 Å². The average molecular weight is 210 g/mol. The molecule has 0 saturated carbocycles. The van der Waals surface area contributed by atoms with Gasteiger partial charge in [-0.1, -0.05) is 51.6 Å². The van der Waals surface area contributed by atoms with Crippen LogP contribution in [0.25, 0.3) is 0 Å². The van der Waals surface area contributed by atoms with Crippen molar-refractivity contribution in [1.29, 1.82) is 0 Å². The Morgan fingerprint density at radius 3 is 2.43 bits per heavy atom. The first kappa shape index (κ1) is 11.7. The summed E-state index contributed by atoms with van der Waals surface area (Å²) in [5, 5.41) is 10.4. The van der Waals surface area contributed by atoms with Crippen molar-refractivity contribution in [3.8, 4) is 0 Å². The Kier molecular flexibility index (Phi) is 5.82. The normalized spacial score (nSPS) is 12.7. The van der Waals surface area contributed by atoms with Gasteiger partial charge in [-0.2, -0.15) is 0 Å². The van der Waals surface area contributed by atoms with Gasteiger partial charge in [0.05, 0.1) is 0 Å². The Balaban J connectivity index is 2.58. The van der Waals surface area contributed by atoms with E-state index in [1.807, 2.05) is 0 Å². The first-order valence-electron chi connectivity index (χ1n) is 5.29. The van der Waals surface area contributed by atoms with E-state index in [0.29, 0.717) is 6.61 Å². The van der Waals surface area contributed by atoms with Gasteiger partial charge in [0.1, 0.15) is 0 Å². The largest absolute Gasteiger partial charge is 0.396 e. The number of benzene rings is 1. The van der Waals surface area contributed by atoms with Gasteiger partial charge in [0, 0.05) is 6.61 Å². The maximum Gasteiger partial charge on any atom is 0.0473 e. The molecule has 0 spiro atoms. The highest BCUT2D eigenvalue weighted by Crippen LogP contribution is 2.34. The van der Waals surface area contributed by atoms with Gasteiger partial charge < -0.3 is 5.11 Å². The zero-order valence-corrected chi connectivity index (χ0v) is 9.71. The summed E-state index contributed by atoms with van der Waals surface area (Å²) in [5.41, 5.74) is 0. The van der Waals surface area contributed by atoms with Crippen molar-refractivity contribution in [3.63, 3.8) is 0 Å². The highest BCUT2D eigenvalue weighted by atomic mass is 31.1. The Bertz CT molecular complexity index is 235. The van der Waals surface area contributed by atoms with Gasteiger partial charge in [-0.25, -0.2) is 0 Å². The predicted molar refractivity (Wildman–Crippen MR) is 64.7 cm³/mol. The van der Waals surface area contributed by atoms with Crippen LogP contribution in [-0.2, 0) is 0 Å². The Morgan fingerprint density at radius 1 is 1.14 bits per heavy atom. The summed E-state index contributed by atoms with van der Waals surface area (Å²) in [6, 6.07) is 10.6. The van der Waals surface area contributed by atoms with Crippen LogP contribution >= 0.6 is 7.92 Å². The van der Waals surface area contributed by atoms with Gasteiger partial charge in [0.15, 0.2) is 0 Å². The quantitative estimate of drug-likeness (QED) is 0.715. The molecule has 0 fully saturated rings. The van der Waals surface area contributed by atoms with Crippen molar-refractivity contribution < 1.29 is 5.11 Å². The van der Waals surface area contributed by atoms with E-state index in [1.165, 1.54) is 24.3 Å². The highest BCUT2D eigenvalue weighted by Gasteiger charge is 2.08. The molecule has 2 heteroatoms. The van der Waals surface area contributed by atoms with Gasteiger partial charge in [0.2, 0.25) is 0 Å². The first-order chi connectivity index (χ1) is 6.88. The molecule has 14 heavy (non-hydrogen) atoms. The van der Waals surface area contributed by atoms with Crippen molar-refractivity contribution in [3.05, 3.63) is 30.3 Å². The summed E-state index contributed by atoms with van der Waals surface area (Å²) < 4.78 is 0. The fourth-order valence-electron chi connectivity index (χ4n) is 1.48. The Hall–Kier alpha value is -0.390. The second-order valence-corrected chi connectivity index (χ2v) is 5.89. The molecule has 78 valence electrons. The van der Waals surface area contributed by atoms with Crippen molar-refractivity contribution >= 4 is 13.2 Å². The van der Waals surface area contributed by atoms with Crippen LogP contribution in [0.2, 0.25) is 0 Å². The number of hydrogen-bond acceptors (Lipinski definition) is 1. The SMILES string of the molecule is CCCCP(CCO)c1ccccc1. The van der Waals surface area contributed by atoms with E-state index in [4.69, 9.17) is 5.11 Å². The van der Waals surface area contributed by atoms with E-state index in [0.717, 1.165) is 6.16 Å². The van der Waals surface area contributed by atoms with Crippen LogP contribution in [0.3, 0.4) is 0 Å². The third-order valence-corrected chi connectivity index (χ3v) is 4.90. The monoisotopic (exact) mass is 210 g/mol. The predicted octanol–water partition coefficient (Wildman–Crippen LogP) is 2.59. The fourth-order valence-corrected chi connectivity index (χ4v) is 3.75. The third kappa shape index (κ3) is 3.77. The molecule has 1 rings (SSSR count). The molecule has 0 aromatic heterocycles. The van der Waals surface area contributed by atoms with E-state index in [2.05, 4.69) is 37.3 Å². The molecule has 1 aromatic rings. The molecule has 0 saturated heterocycles. The minimum Gasteiger partial charge on any atom is -0.396 e. The molecule has 1 atom stereocenters. The summed E-state index contributed by atoms with van der Waals surface area (Å²) in [7, 11) is -0.112. The minimum absolute atomic E-state index is 0.112. The summed E-state index contributed by atoms with van der Waals surface area (Å²) in [6.07, 6.45) is 4.74. The lowest BCUT2D eigenvalue weighted by Gasteiger charge is -2.16. The number of rotatable bonds is 6. The molecule has 0 aliphatic heterocycles. The van der Waals surface area contributed by atoms with Gasteiger partial charge in [0.25, 0.3) is 0 Å². The average Bonchev–Trinajstić information content (AvgIpc) is 2.25. The first-order valence-corrected chi connectivity index (χ1v) is 7.00. The standard InChI is InChI=1S/C12H19OP/c1-2-3-10-14(11-9-13)12-7-5-4-6-8-12/h4-8,13H,2-3,9-11H2,1H3. The summed E-state index contributed by atoms with van der Waals surface area (Å²) in [4.78, 5) is 0. The third-order valence-electron chi connectivity index (χ3n) is 2.27. The van der Waals surface area contributed by atoms with Gasteiger partial charge >= 0.3 is 0 Å². The summed E-state index contributed by atoms with van der Waals surface area (Å²) >= 11 is 0. The molecule has 0 aliphatic carbocycles. The summed E-state index contributed by atoms with van der Waals surface area (Å²) in [6.45, 7) is 2.54. The number of aliphatic hydroxyl groups is 1. The maximum absolute atomic E-state index is 9.01. The minimum atomic E-state index is -0.112. The van der Waals surface area contributed by atoms with Crippen molar-refractivity contribution in [1.82, 2.24) is 0 Å². The van der Waals surface area contributed by atoms with E-state index < -0.39 is 0 Å². The Morgan fingerprint density at radius 2 is 1.86 bits per heavy atom. The zero-order chi connectivity index (χ0) is 10.2. The Labute approximate surface area is 87.9 Å². The molecular weight excluding hydrogens is 191 g/mol. The maximum atomic E-state index is 9.01. The fraction of sp³-hybridized carbons (Fsp3) is 0.500. The van der Waals surface area contributed by atoms with Crippen molar-refractivity contribution in [2.75, 3.05) is 18.9 Å². The van der Waals surface area contributed by atoms with Crippen LogP contribution in [-0.4, -0.2) is 24.0 Å². The van der Waals surface area contributed by atoms with Crippen LogP contribution in [0.4, 0.5) is 0 Å². The van der Waals surface area contributed by atoms with Gasteiger partial charge in [-0.15, -0.1) is 0 Å². The van der Waals surface area contributed by atoms with Crippen LogP contribution < -0.4 is 5.30 Å². The molecule has 0 heterocycles. The van der Waals surface area contributed by atoms with E-state index in [9.17, 15) is 0 Å². The number of unbranched alkanes of at least 4 members (excludes halogenated alkanes) is 1. The van der Waals surface area contributed by atoms with E-state index in [1.54, 1.807) is 0 Å². The molecule has 1 nitrogen and oxygen atoms in total. The molecule has 1 unspecified atom stereocenters. The second-order valence-electron chi connectivity index (χ2n) is 3.40. The lowest BCUT2D eigenvalue weighted by Crippen LogP contribution is -2.07. The molecule has 1 N–H and O–H groups in total. The second kappa shape index (κ2) is 6.98. The molecule has 0 bridgehead atoms. The topological polar surface area (TPSA) is 20.2 Å². The number of aliphatic hydroxyl groups excluding tert-OH is 1. The summed E-state index contributed by atoms with van der Waals surface area (Å²) in [5.74, 6) is 0. The lowest BCUT2D eigenvalue weighted by molar-refractivity contribution is 0.321. The van der Waals surface area contributed by atoms with Crippen LogP contribution in [0.5, 0.6) is 0 Å². The molecule has 0 aliphatic rings. The molecular formula is C12H19OP.